The molecule has 0 amide bonds. The van der Waals surface area contributed by atoms with E-state index in [1.807, 2.05) is 0 Å². The Labute approximate surface area is 199 Å². The molecule has 0 saturated carbocycles. The molecule has 4 aromatic rings. The van der Waals surface area contributed by atoms with E-state index < -0.39 is 11.9 Å². The lowest BCUT2D eigenvalue weighted by Crippen LogP contribution is -2.08. The van der Waals surface area contributed by atoms with Crippen LogP contribution >= 0.6 is 23.2 Å². The Kier molecular flexibility index (Phi) is 6.76. The van der Waals surface area contributed by atoms with Crippen LogP contribution in [0, 0.1) is 5.82 Å². The molecule has 2 aromatic heterocycles. The SMILES string of the molecule is CC(=O)OCCn1cc(-c2cnc3ccc(O[C@H](C)c4c(Cl)ccc(F)c4Cl)cc3n2)cn1. The van der Waals surface area contributed by atoms with Gasteiger partial charge in [0.2, 0.25) is 0 Å². The third kappa shape index (κ3) is 5.23. The summed E-state index contributed by atoms with van der Waals surface area (Å²) in [4.78, 5) is 20.0. The molecule has 10 heteroatoms. The molecular weight excluding hydrogens is 470 g/mol. The minimum absolute atomic E-state index is 0.0661. The van der Waals surface area contributed by atoms with Crippen LogP contribution in [0.15, 0.2) is 48.9 Å². The number of carbonyl (C=O) groups is 1. The number of aromatic nitrogens is 4. The Bertz CT molecular complexity index is 1330. The fourth-order valence-electron chi connectivity index (χ4n) is 3.28. The van der Waals surface area contributed by atoms with Gasteiger partial charge in [-0.25, -0.2) is 9.37 Å². The summed E-state index contributed by atoms with van der Waals surface area (Å²) in [5, 5.41) is 4.52. The van der Waals surface area contributed by atoms with Crippen LogP contribution in [0.3, 0.4) is 0 Å². The molecule has 0 unspecified atom stereocenters. The van der Waals surface area contributed by atoms with Crippen LogP contribution in [0.4, 0.5) is 4.39 Å². The Morgan fingerprint density at radius 3 is 2.79 bits per heavy atom. The smallest absolute Gasteiger partial charge is 0.302 e. The molecule has 7 nitrogen and oxygen atoms in total. The van der Waals surface area contributed by atoms with E-state index in [1.165, 1.54) is 19.1 Å². The highest BCUT2D eigenvalue weighted by Crippen LogP contribution is 2.35. The van der Waals surface area contributed by atoms with E-state index in [0.717, 1.165) is 5.56 Å². The second kappa shape index (κ2) is 9.72. The number of fused-ring (bicyclic) bond motifs is 1. The van der Waals surface area contributed by atoms with Crippen molar-refractivity contribution in [2.75, 3.05) is 6.61 Å². The maximum Gasteiger partial charge on any atom is 0.302 e. The van der Waals surface area contributed by atoms with Gasteiger partial charge in [-0.3, -0.25) is 14.5 Å². The first-order valence-corrected chi connectivity index (χ1v) is 10.8. The van der Waals surface area contributed by atoms with Gasteiger partial charge in [0.05, 0.1) is 40.7 Å². The maximum absolute atomic E-state index is 13.9. The molecule has 0 N–H and O–H groups in total. The average Bonchev–Trinajstić information content (AvgIpc) is 3.25. The van der Waals surface area contributed by atoms with Crippen molar-refractivity contribution in [1.29, 1.82) is 0 Å². The van der Waals surface area contributed by atoms with E-state index in [-0.39, 0.29) is 17.6 Å². The number of hydrogen-bond acceptors (Lipinski definition) is 6. The standard InChI is InChI=1S/C23H19Cl2FN4O3/c1-13(22-17(24)4-5-18(26)23(22)25)33-16-3-6-19-20(9-16)29-21(11-27-19)15-10-28-30(12-15)7-8-32-14(2)31/h3-6,9-13H,7-8H2,1-2H3/t13-/m1/s1. The van der Waals surface area contributed by atoms with Crippen molar-refractivity contribution in [3.63, 3.8) is 0 Å². The monoisotopic (exact) mass is 488 g/mol. The predicted octanol–water partition coefficient (Wildman–Crippen LogP) is 5.64. The van der Waals surface area contributed by atoms with Gasteiger partial charge in [0, 0.05) is 35.3 Å². The molecule has 0 saturated heterocycles. The van der Waals surface area contributed by atoms with Gasteiger partial charge in [0.1, 0.15) is 24.3 Å². The summed E-state index contributed by atoms with van der Waals surface area (Å²) < 4.78 is 26.5. The first kappa shape index (κ1) is 22.9. The highest BCUT2D eigenvalue weighted by atomic mass is 35.5. The fraction of sp³-hybridized carbons (Fsp3) is 0.217. The van der Waals surface area contributed by atoms with Crippen molar-refractivity contribution in [1.82, 2.24) is 19.7 Å². The van der Waals surface area contributed by atoms with E-state index in [0.29, 0.717) is 39.6 Å². The van der Waals surface area contributed by atoms with Crippen LogP contribution in [0.25, 0.3) is 22.3 Å². The van der Waals surface area contributed by atoms with E-state index in [4.69, 9.17) is 32.7 Å². The summed E-state index contributed by atoms with van der Waals surface area (Å²) in [5.41, 5.74) is 3.07. The van der Waals surface area contributed by atoms with Crippen LogP contribution < -0.4 is 4.74 Å². The minimum Gasteiger partial charge on any atom is -0.486 e. The van der Waals surface area contributed by atoms with E-state index in [1.54, 1.807) is 48.4 Å². The molecule has 0 aliphatic rings. The van der Waals surface area contributed by atoms with Crippen molar-refractivity contribution >= 4 is 40.2 Å². The van der Waals surface area contributed by atoms with Crippen LogP contribution in [0.2, 0.25) is 10.0 Å². The van der Waals surface area contributed by atoms with Crippen molar-refractivity contribution in [2.45, 2.75) is 26.5 Å². The molecule has 4 rings (SSSR count). The molecule has 0 aliphatic heterocycles. The Morgan fingerprint density at radius 1 is 1.18 bits per heavy atom. The first-order valence-electron chi connectivity index (χ1n) is 10.0. The van der Waals surface area contributed by atoms with Gasteiger partial charge in [0.25, 0.3) is 0 Å². The number of halogens is 3. The largest absolute Gasteiger partial charge is 0.486 e. The molecular formula is C23H19Cl2FN4O3. The van der Waals surface area contributed by atoms with Gasteiger partial charge in [0.15, 0.2) is 0 Å². The molecule has 0 spiro atoms. The third-order valence-electron chi connectivity index (χ3n) is 4.87. The van der Waals surface area contributed by atoms with Crippen molar-refractivity contribution < 1.29 is 18.7 Å². The van der Waals surface area contributed by atoms with Gasteiger partial charge >= 0.3 is 5.97 Å². The number of rotatable bonds is 7. The van der Waals surface area contributed by atoms with Gasteiger partial charge in [-0.1, -0.05) is 23.2 Å². The number of esters is 1. The predicted molar refractivity (Wildman–Crippen MR) is 123 cm³/mol. The topological polar surface area (TPSA) is 79.1 Å². The normalized spacial score (nSPS) is 12.0. The Hall–Kier alpha value is -3.23. The Balaban J connectivity index is 1.55. The Morgan fingerprint density at radius 2 is 2.00 bits per heavy atom. The highest BCUT2D eigenvalue weighted by Gasteiger charge is 2.19. The minimum atomic E-state index is -0.593. The zero-order chi connectivity index (χ0) is 23.5. The van der Waals surface area contributed by atoms with Crippen LogP contribution in [-0.4, -0.2) is 32.3 Å². The second-order valence-corrected chi connectivity index (χ2v) is 8.04. The molecule has 0 fully saturated rings. The number of benzene rings is 2. The van der Waals surface area contributed by atoms with E-state index in [9.17, 15) is 9.18 Å². The number of hydrogen-bond donors (Lipinski definition) is 0. The van der Waals surface area contributed by atoms with E-state index in [2.05, 4.69) is 15.1 Å². The third-order valence-corrected chi connectivity index (χ3v) is 5.58. The molecule has 0 aliphatic carbocycles. The van der Waals surface area contributed by atoms with Crippen LogP contribution in [0.5, 0.6) is 5.75 Å². The highest BCUT2D eigenvalue weighted by molar-refractivity contribution is 6.36. The number of ether oxygens (including phenoxy) is 2. The summed E-state index contributed by atoms with van der Waals surface area (Å²) in [6.07, 6.45) is 4.53. The molecule has 2 aromatic carbocycles. The lowest BCUT2D eigenvalue weighted by atomic mass is 10.1. The van der Waals surface area contributed by atoms with Gasteiger partial charge in [-0.05, 0) is 31.2 Å². The molecule has 170 valence electrons. The number of nitrogens with zero attached hydrogens (tertiary/aromatic N) is 4. The zero-order valence-electron chi connectivity index (χ0n) is 17.8. The number of carbonyl (C=O) groups excluding carboxylic acids is 1. The van der Waals surface area contributed by atoms with Crippen molar-refractivity contribution in [3.05, 3.63) is 70.3 Å². The fourth-order valence-corrected chi connectivity index (χ4v) is 3.96. The summed E-state index contributed by atoms with van der Waals surface area (Å²) in [6, 6.07) is 7.94. The average molecular weight is 489 g/mol. The van der Waals surface area contributed by atoms with Gasteiger partial charge in [-0.15, -0.1) is 0 Å². The quantitative estimate of drug-likeness (QED) is 0.247. The van der Waals surface area contributed by atoms with Crippen LogP contribution in [0.1, 0.15) is 25.5 Å². The molecule has 2 heterocycles. The lowest BCUT2D eigenvalue weighted by Gasteiger charge is -2.18. The van der Waals surface area contributed by atoms with E-state index >= 15 is 0 Å². The lowest BCUT2D eigenvalue weighted by molar-refractivity contribution is -0.141. The molecule has 33 heavy (non-hydrogen) atoms. The van der Waals surface area contributed by atoms with Gasteiger partial charge < -0.3 is 9.47 Å². The summed E-state index contributed by atoms with van der Waals surface area (Å²) >= 11 is 12.3. The first-order chi connectivity index (χ1) is 15.8. The van der Waals surface area contributed by atoms with Gasteiger partial charge in [-0.2, -0.15) is 5.10 Å². The van der Waals surface area contributed by atoms with Crippen molar-refractivity contribution in [2.24, 2.45) is 0 Å². The zero-order valence-corrected chi connectivity index (χ0v) is 19.3. The molecule has 0 radical (unpaired) electrons. The maximum atomic E-state index is 13.9. The summed E-state index contributed by atoms with van der Waals surface area (Å²) in [6.45, 7) is 3.77. The van der Waals surface area contributed by atoms with Crippen molar-refractivity contribution in [3.8, 4) is 17.0 Å². The van der Waals surface area contributed by atoms with Crippen LogP contribution in [-0.2, 0) is 16.1 Å². The molecule has 1 atom stereocenters. The molecule has 0 bridgehead atoms. The summed E-state index contributed by atoms with van der Waals surface area (Å²) in [7, 11) is 0. The summed E-state index contributed by atoms with van der Waals surface area (Å²) in [5.74, 6) is -0.388. The second-order valence-electron chi connectivity index (χ2n) is 7.25.